The van der Waals surface area contributed by atoms with Crippen molar-refractivity contribution >= 4 is 23.0 Å². The highest BCUT2D eigenvalue weighted by Gasteiger charge is 2.02. The number of aromatic nitrogens is 1. The third-order valence-corrected chi connectivity index (χ3v) is 2.67. The summed E-state index contributed by atoms with van der Waals surface area (Å²) in [5, 5.41) is 5.55. The Hall–Kier alpha value is -1.98. The van der Waals surface area contributed by atoms with Gasteiger partial charge in [-0.3, -0.25) is 10.4 Å². The van der Waals surface area contributed by atoms with Crippen LogP contribution in [0.2, 0.25) is 0 Å². The number of hydrogen-bond donors (Lipinski definition) is 2. The molecule has 2 rings (SSSR count). The monoisotopic (exact) mass is 272 g/mol. The molecular weight excluding hydrogens is 256 g/mol. The summed E-state index contributed by atoms with van der Waals surface area (Å²) < 4.78 is 0. The smallest absolute Gasteiger partial charge is 0.185 e. The van der Waals surface area contributed by atoms with Crippen molar-refractivity contribution in [2.45, 2.75) is 6.54 Å². The quantitative estimate of drug-likeness (QED) is 0.661. The average Bonchev–Trinajstić information content (AvgIpc) is 2.40. The molecule has 2 aromatic rings. The molecule has 0 bridgehead atoms. The van der Waals surface area contributed by atoms with Crippen LogP contribution in [0.25, 0.3) is 0 Å². The van der Waals surface area contributed by atoms with Gasteiger partial charge in [0.15, 0.2) is 5.11 Å². The Kier molecular flexibility index (Phi) is 4.83. The molecule has 0 radical (unpaired) electrons. The normalized spacial score (nSPS) is 10.2. The number of thiocarbonyl (C=S) groups is 1. The van der Waals surface area contributed by atoms with Gasteiger partial charge in [0, 0.05) is 19.8 Å². The van der Waals surface area contributed by atoms with E-state index in [9.17, 15) is 0 Å². The van der Waals surface area contributed by atoms with Crippen LogP contribution in [0.1, 0.15) is 5.56 Å². The first-order valence-electron chi connectivity index (χ1n) is 5.97. The standard InChI is InChI=1S/C14H16N4S/c1-18(11-12-6-3-2-4-7-12)17-14(19)16-13-8-5-9-15-10-13/h2-10H,11H2,1H3,(H2,16,17,19). The number of hydrogen-bond acceptors (Lipinski definition) is 3. The lowest BCUT2D eigenvalue weighted by molar-refractivity contribution is 0.286. The van der Waals surface area contributed by atoms with Crippen LogP contribution in [0.5, 0.6) is 0 Å². The average molecular weight is 272 g/mol. The van der Waals surface area contributed by atoms with Crippen LogP contribution in [0.4, 0.5) is 5.69 Å². The first-order valence-corrected chi connectivity index (χ1v) is 6.37. The van der Waals surface area contributed by atoms with Gasteiger partial charge in [-0.15, -0.1) is 0 Å². The van der Waals surface area contributed by atoms with Crippen LogP contribution < -0.4 is 10.7 Å². The maximum Gasteiger partial charge on any atom is 0.185 e. The topological polar surface area (TPSA) is 40.2 Å². The molecule has 4 nitrogen and oxygen atoms in total. The fraction of sp³-hybridized carbons (Fsp3) is 0.143. The molecular formula is C14H16N4S. The number of anilines is 1. The highest BCUT2D eigenvalue weighted by molar-refractivity contribution is 7.80. The van der Waals surface area contributed by atoms with E-state index in [-0.39, 0.29) is 0 Å². The van der Waals surface area contributed by atoms with Gasteiger partial charge in [0.2, 0.25) is 0 Å². The van der Waals surface area contributed by atoms with Crippen LogP contribution in [0.3, 0.4) is 0 Å². The zero-order valence-corrected chi connectivity index (χ0v) is 11.5. The maximum atomic E-state index is 5.24. The van der Waals surface area contributed by atoms with Gasteiger partial charge in [-0.25, -0.2) is 5.01 Å². The van der Waals surface area contributed by atoms with E-state index in [4.69, 9.17) is 12.2 Å². The molecule has 1 aromatic heterocycles. The Labute approximate surface area is 118 Å². The van der Waals surface area contributed by atoms with Crippen molar-refractivity contribution in [3.63, 3.8) is 0 Å². The molecule has 0 amide bonds. The van der Waals surface area contributed by atoms with Gasteiger partial charge in [0.1, 0.15) is 0 Å². The summed E-state index contributed by atoms with van der Waals surface area (Å²) >= 11 is 5.24. The van der Waals surface area contributed by atoms with Crippen molar-refractivity contribution in [3.8, 4) is 0 Å². The molecule has 5 heteroatoms. The van der Waals surface area contributed by atoms with Gasteiger partial charge >= 0.3 is 0 Å². The van der Waals surface area contributed by atoms with Crippen LogP contribution in [0.15, 0.2) is 54.9 Å². The van der Waals surface area contributed by atoms with Gasteiger partial charge in [0.05, 0.1) is 11.9 Å². The van der Waals surface area contributed by atoms with E-state index in [0.717, 1.165) is 12.2 Å². The van der Waals surface area contributed by atoms with Crippen molar-refractivity contribution in [3.05, 3.63) is 60.4 Å². The Balaban J connectivity index is 1.82. The van der Waals surface area contributed by atoms with Crippen LogP contribution >= 0.6 is 12.2 Å². The Morgan fingerprint density at radius 3 is 2.68 bits per heavy atom. The summed E-state index contributed by atoms with van der Waals surface area (Å²) in [6, 6.07) is 14.0. The number of nitrogens with zero attached hydrogens (tertiary/aromatic N) is 2. The molecule has 0 unspecified atom stereocenters. The summed E-state index contributed by atoms with van der Waals surface area (Å²) in [4.78, 5) is 4.02. The van der Waals surface area contributed by atoms with E-state index in [1.165, 1.54) is 5.56 Å². The summed E-state index contributed by atoms with van der Waals surface area (Å²) in [7, 11) is 1.95. The fourth-order valence-electron chi connectivity index (χ4n) is 1.67. The van der Waals surface area contributed by atoms with E-state index in [1.807, 2.05) is 42.4 Å². The second-order valence-corrected chi connectivity index (χ2v) is 4.56. The van der Waals surface area contributed by atoms with E-state index in [2.05, 4.69) is 27.9 Å². The zero-order chi connectivity index (χ0) is 13.5. The lowest BCUT2D eigenvalue weighted by atomic mass is 10.2. The lowest BCUT2D eigenvalue weighted by Gasteiger charge is -2.20. The van der Waals surface area contributed by atoms with Crippen LogP contribution in [-0.4, -0.2) is 22.2 Å². The summed E-state index contributed by atoms with van der Waals surface area (Å²) in [6.45, 7) is 0.774. The summed E-state index contributed by atoms with van der Waals surface area (Å²) in [5.74, 6) is 0. The van der Waals surface area contributed by atoms with Crippen molar-refractivity contribution in [2.24, 2.45) is 0 Å². The van der Waals surface area contributed by atoms with Crippen molar-refractivity contribution in [1.29, 1.82) is 0 Å². The molecule has 0 aliphatic carbocycles. The molecule has 0 spiro atoms. The number of hydrazine groups is 1. The maximum absolute atomic E-state index is 5.24. The third-order valence-electron chi connectivity index (χ3n) is 2.47. The molecule has 98 valence electrons. The van der Waals surface area contributed by atoms with Gasteiger partial charge in [-0.05, 0) is 29.9 Å². The molecule has 2 N–H and O–H groups in total. The number of nitrogens with one attached hydrogen (secondary N) is 2. The molecule has 0 aliphatic rings. The minimum Gasteiger partial charge on any atom is -0.330 e. The second kappa shape index (κ2) is 6.82. The molecule has 0 atom stereocenters. The van der Waals surface area contributed by atoms with E-state index < -0.39 is 0 Å². The van der Waals surface area contributed by atoms with Gasteiger partial charge < -0.3 is 5.32 Å². The number of benzene rings is 1. The number of pyridine rings is 1. The SMILES string of the molecule is CN(Cc1ccccc1)NC(=S)Nc1cccnc1. The predicted octanol–water partition coefficient (Wildman–Crippen LogP) is 2.42. The Morgan fingerprint density at radius 2 is 2.00 bits per heavy atom. The van der Waals surface area contributed by atoms with Crippen molar-refractivity contribution in [2.75, 3.05) is 12.4 Å². The fourth-order valence-corrected chi connectivity index (χ4v) is 1.94. The molecule has 0 aliphatic heterocycles. The van der Waals surface area contributed by atoms with Crippen molar-refractivity contribution < 1.29 is 0 Å². The Bertz CT molecular complexity index is 515. The largest absolute Gasteiger partial charge is 0.330 e. The lowest BCUT2D eigenvalue weighted by Crippen LogP contribution is -2.41. The highest BCUT2D eigenvalue weighted by atomic mass is 32.1. The van der Waals surface area contributed by atoms with Gasteiger partial charge in [-0.1, -0.05) is 30.3 Å². The molecule has 0 saturated carbocycles. The van der Waals surface area contributed by atoms with E-state index in [1.54, 1.807) is 12.4 Å². The Morgan fingerprint density at radius 1 is 1.21 bits per heavy atom. The minimum atomic E-state index is 0.548. The molecule has 0 saturated heterocycles. The zero-order valence-electron chi connectivity index (χ0n) is 10.7. The van der Waals surface area contributed by atoms with Crippen LogP contribution in [0, 0.1) is 0 Å². The summed E-state index contributed by atoms with van der Waals surface area (Å²) in [5.41, 5.74) is 5.20. The van der Waals surface area contributed by atoms with Crippen molar-refractivity contribution in [1.82, 2.24) is 15.4 Å². The number of rotatable bonds is 4. The van der Waals surface area contributed by atoms with Crippen LogP contribution in [-0.2, 0) is 6.54 Å². The predicted molar refractivity (Wildman–Crippen MR) is 81.5 cm³/mol. The van der Waals surface area contributed by atoms with E-state index in [0.29, 0.717) is 5.11 Å². The first-order chi connectivity index (χ1) is 9.24. The molecule has 19 heavy (non-hydrogen) atoms. The molecule has 1 aromatic carbocycles. The first kappa shape index (κ1) is 13.5. The minimum absolute atomic E-state index is 0.548. The van der Waals surface area contributed by atoms with Gasteiger partial charge in [0.25, 0.3) is 0 Å². The third kappa shape index (κ3) is 4.65. The second-order valence-electron chi connectivity index (χ2n) is 4.15. The highest BCUT2D eigenvalue weighted by Crippen LogP contribution is 2.03. The van der Waals surface area contributed by atoms with E-state index >= 15 is 0 Å². The molecule has 0 fully saturated rings. The summed E-state index contributed by atoms with van der Waals surface area (Å²) in [6.07, 6.45) is 3.45. The van der Waals surface area contributed by atoms with Gasteiger partial charge in [-0.2, -0.15) is 0 Å². The molecule has 1 heterocycles.